The molecule has 5 nitrogen and oxygen atoms in total. The smallest absolute Gasteiger partial charge is 0.271 e. The third kappa shape index (κ3) is 2.63. The molecular formula is C18H19N3O2S. The van der Waals surface area contributed by atoms with Gasteiger partial charge in [-0.1, -0.05) is 17.7 Å². The van der Waals surface area contributed by atoms with Crippen LogP contribution in [0.2, 0.25) is 0 Å². The van der Waals surface area contributed by atoms with E-state index in [2.05, 4.69) is 10.3 Å². The number of carbonyl (C=O) groups excluding carboxylic acids is 1. The van der Waals surface area contributed by atoms with Crippen molar-refractivity contribution in [2.24, 2.45) is 0 Å². The molecule has 1 N–H and O–H groups in total. The second kappa shape index (κ2) is 5.87. The lowest BCUT2D eigenvalue weighted by atomic mass is 10.0. The fraction of sp³-hybridized carbons (Fsp3) is 0.278. The van der Waals surface area contributed by atoms with Gasteiger partial charge in [-0.2, -0.15) is 0 Å². The van der Waals surface area contributed by atoms with Crippen molar-refractivity contribution in [3.05, 3.63) is 61.5 Å². The minimum Gasteiger partial charge on any atom is -0.321 e. The van der Waals surface area contributed by atoms with Crippen molar-refractivity contribution in [3.8, 4) is 0 Å². The number of amides is 1. The van der Waals surface area contributed by atoms with Crippen LogP contribution in [0.25, 0.3) is 4.96 Å². The lowest BCUT2D eigenvalue weighted by molar-refractivity contribution is 0.102. The Bertz CT molecular complexity index is 1010. The van der Waals surface area contributed by atoms with Crippen LogP contribution < -0.4 is 10.9 Å². The first-order valence-corrected chi connectivity index (χ1v) is 8.48. The highest BCUT2D eigenvalue weighted by molar-refractivity contribution is 7.17. The van der Waals surface area contributed by atoms with Gasteiger partial charge >= 0.3 is 0 Å². The van der Waals surface area contributed by atoms with Gasteiger partial charge < -0.3 is 5.32 Å². The number of nitrogens with one attached hydrogen (secondary N) is 1. The number of aryl methyl sites for hydroxylation is 5. The van der Waals surface area contributed by atoms with Gasteiger partial charge in [-0.05, 0) is 45.7 Å². The maximum absolute atomic E-state index is 12.7. The number of fused-ring (bicyclic) bond motifs is 1. The molecule has 0 radical (unpaired) electrons. The third-order valence-electron chi connectivity index (χ3n) is 4.18. The molecule has 0 aliphatic rings. The highest BCUT2D eigenvalue weighted by atomic mass is 32.1. The van der Waals surface area contributed by atoms with E-state index in [0.29, 0.717) is 4.96 Å². The van der Waals surface area contributed by atoms with E-state index < -0.39 is 5.91 Å². The van der Waals surface area contributed by atoms with Crippen molar-refractivity contribution in [1.29, 1.82) is 0 Å². The van der Waals surface area contributed by atoms with E-state index in [4.69, 9.17) is 0 Å². The molecule has 0 unspecified atom stereocenters. The molecule has 1 amide bonds. The van der Waals surface area contributed by atoms with Gasteiger partial charge in [-0.3, -0.25) is 14.0 Å². The minimum absolute atomic E-state index is 0.0489. The monoisotopic (exact) mass is 341 g/mol. The molecule has 6 heteroatoms. The van der Waals surface area contributed by atoms with Crippen molar-refractivity contribution < 1.29 is 4.79 Å². The van der Waals surface area contributed by atoms with Crippen molar-refractivity contribution in [2.45, 2.75) is 34.6 Å². The normalized spacial score (nSPS) is 11.0. The van der Waals surface area contributed by atoms with Crippen LogP contribution in [0.15, 0.2) is 23.1 Å². The molecule has 0 spiro atoms. The second-order valence-electron chi connectivity index (χ2n) is 6.07. The van der Waals surface area contributed by atoms with Crippen LogP contribution in [0.4, 0.5) is 5.69 Å². The maximum atomic E-state index is 12.7. The van der Waals surface area contributed by atoms with Crippen LogP contribution in [0.3, 0.4) is 0 Å². The van der Waals surface area contributed by atoms with Crippen molar-refractivity contribution in [1.82, 2.24) is 9.38 Å². The fourth-order valence-corrected chi connectivity index (χ4v) is 3.82. The molecule has 0 saturated carbocycles. The third-order valence-corrected chi connectivity index (χ3v) is 5.25. The molecule has 0 fully saturated rings. The van der Waals surface area contributed by atoms with E-state index >= 15 is 0 Å². The van der Waals surface area contributed by atoms with Gasteiger partial charge in [0.05, 0.1) is 0 Å². The Hall–Kier alpha value is -2.47. The summed E-state index contributed by atoms with van der Waals surface area (Å²) in [6.07, 6.45) is 1.36. The van der Waals surface area contributed by atoms with Crippen molar-refractivity contribution in [2.75, 3.05) is 5.32 Å². The predicted octanol–water partition coefficient (Wildman–Crippen LogP) is 3.55. The van der Waals surface area contributed by atoms with Gasteiger partial charge in [0.1, 0.15) is 5.56 Å². The first kappa shape index (κ1) is 16.4. The molecule has 3 rings (SSSR count). The first-order chi connectivity index (χ1) is 11.3. The number of thiazole rings is 1. The van der Waals surface area contributed by atoms with Crippen LogP contribution >= 0.6 is 11.3 Å². The highest BCUT2D eigenvalue weighted by Gasteiger charge is 2.18. The predicted molar refractivity (Wildman–Crippen MR) is 97.4 cm³/mol. The zero-order valence-corrected chi connectivity index (χ0v) is 15.2. The Balaban J connectivity index is 2.06. The quantitative estimate of drug-likeness (QED) is 0.775. The van der Waals surface area contributed by atoms with Gasteiger partial charge in [-0.25, -0.2) is 4.98 Å². The van der Waals surface area contributed by atoms with Crippen LogP contribution in [0.1, 0.15) is 37.6 Å². The number of benzene rings is 1. The highest BCUT2D eigenvalue weighted by Crippen LogP contribution is 2.23. The average molecular weight is 341 g/mol. The number of rotatable bonds is 2. The number of anilines is 1. The van der Waals surface area contributed by atoms with Gasteiger partial charge in [0.15, 0.2) is 4.96 Å². The standard InChI is InChI=1S/C18H19N3O2S/c1-9-6-10(2)15(11(3)7-9)20-16(22)14-8-19-18-21(17(14)23)12(4)13(5)24-18/h6-8H,1-5H3,(H,20,22). The summed E-state index contributed by atoms with van der Waals surface area (Å²) in [6.45, 7) is 9.69. The Morgan fingerprint density at radius 3 is 2.38 bits per heavy atom. The van der Waals surface area contributed by atoms with E-state index in [1.807, 2.05) is 46.8 Å². The summed E-state index contributed by atoms with van der Waals surface area (Å²) in [5.74, 6) is -0.430. The molecule has 124 valence electrons. The summed E-state index contributed by atoms with van der Waals surface area (Å²) in [7, 11) is 0. The fourth-order valence-electron chi connectivity index (χ4n) is 2.89. The van der Waals surface area contributed by atoms with Gasteiger partial charge in [0, 0.05) is 22.5 Å². The van der Waals surface area contributed by atoms with Crippen LogP contribution in [0.5, 0.6) is 0 Å². The summed E-state index contributed by atoms with van der Waals surface area (Å²) < 4.78 is 1.50. The lowest BCUT2D eigenvalue weighted by Gasteiger charge is -2.12. The van der Waals surface area contributed by atoms with Gasteiger partial charge in [-0.15, -0.1) is 11.3 Å². The first-order valence-electron chi connectivity index (χ1n) is 7.66. The van der Waals surface area contributed by atoms with Crippen molar-refractivity contribution >= 4 is 27.9 Å². The maximum Gasteiger partial charge on any atom is 0.271 e. The Kier molecular flexibility index (Phi) is 4.01. The molecule has 0 aliphatic carbocycles. The van der Waals surface area contributed by atoms with E-state index in [9.17, 15) is 9.59 Å². The van der Waals surface area contributed by atoms with Gasteiger partial charge in [0.25, 0.3) is 11.5 Å². The molecule has 0 bridgehead atoms. The molecule has 2 heterocycles. The summed E-state index contributed by atoms with van der Waals surface area (Å²) >= 11 is 1.44. The van der Waals surface area contributed by atoms with E-state index in [0.717, 1.165) is 32.9 Å². The molecule has 0 aliphatic heterocycles. The van der Waals surface area contributed by atoms with Crippen LogP contribution in [-0.2, 0) is 0 Å². The second-order valence-corrected chi connectivity index (χ2v) is 7.25. The average Bonchev–Trinajstić information content (AvgIpc) is 2.78. The Labute approximate surface area is 144 Å². The topological polar surface area (TPSA) is 63.5 Å². The van der Waals surface area contributed by atoms with Crippen LogP contribution in [0, 0.1) is 34.6 Å². The molecule has 24 heavy (non-hydrogen) atoms. The molecule has 0 saturated heterocycles. The lowest BCUT2D eigenvalue weighted by Crippen LogP contribution is -2.27. The number of aromatic nitrogens is 2. The zero-order valence-electron chi connectivity index (χ0n) is 14.4. The van der Waals surface area contributed by atoms with E-state index in [-0.39, 0.29) is 11.1 Å². The molecule has 2 aromatic heterocycles. The Morgan fingerprint density at radius 2 is 1.75 bits per heavy atom. The summed E-state index contributed by atoms with van der Waals surface area (Å²) in [5, 5.41) is 2.86. The molecule has 1 aromatic carbocycles. The molecular weight excluding hydrogens is 322 g/mol. The number of hydrogen-bond donors (Lipinski definition) is 1. The Morgan fingerprint density at radius 1 is 1.12 bits per heavy atom. The van der Waals surface area contributed by atoms with Crippen molar-refractivity contribution in [3.63, 3.8) is 0 Å². The summed E-state index contributed by atoms with van der Waals surface area (Å²) in [5.41, 5.74) is 4.36. The summed E-state index contributed by atoms with van der Waals surface area (Å²) in [6, 6.07) is 4.01. The van der Waals surface area contributed by atoms with Gasteiger partial charge in [0.2, 0.25) is 0 Å². The largest absolute Gasteiger partial charge is 0.321 e. The SMILES string of the molecule is Cc1cc(C)c(NC(=O)c2cnc3sc(C)c(C)n3c2=O)c(C)c1. The number of nitrogens with zero attached hydrogens (tertiary/aromatic N) is 2. The minimum atomic E-state index is -0.430. The summed E-state index contributed by atoms with van der Waals surface area (Å²) in [4.78, 5) is 31.2. The molecule has 3 aromatic rings. The van der Waals surface area contributed by atoms with E-state index in [1.54, 1.807) is 0 Å². The number of carbonyl (C=O) groups is 1. The van der Waals surface area contributed by atoms with Crippen LogP contribution in [-0.4, -0.2) is 15.3 Å². The van der Waals surface area contributed by atoms with E-state index in [1.165, 1.54) is 21.9 Å². The molecule has 0 atom stereocenters. The zero-order chi connectivity index (χ0) is 17.6. The number of hydrogen-bond acceptors (Lipinski definition) is 4.